The maximum atomic E-state index is 5.37. The summed E-state index contributed by atoms with van der Waals surface area (Å²) in [4.78, 5) is 2.30. The maximum Gasteiger partial charge on any atom is 0.0507 e. The topological polar surface area (TPSA) is 24.5 Å². The van der Waals surface area contributed by atoms with Gasteiger partial charge in [-0.05, 0) is 37.0 Å². The fourth-order valence-electron chi connectivity index (χ4n) is 2.29. The normalized spacial score (nSPS) is 19.1. The average Bonchev–Trinajstić information content (AvgIpc) is 2.87. The lowest BCUT2D eigenvalue weighted by Crippen LogP contribution is -2.32. The second kappa shape index (κ2) is 6.76. The lowest BCUT2D eigenvalue weighted by molar-refractivity contribution is 0.185. The van der Waals surface area contributed by atoms with Crippen molar-refractivity contribution < 1.29 is 4.74 Å². The van der Waals surface area contributed by atoms with Gasteiger partial charge in [-0.2, -0.15) is 0 Å². The molecule has 0 aliphatic carbocycles. The fraction of sp³-hybridized carbons (Fsp3) is 0.600. The van der Waals surface area contributed by atoms with E-state index in [0.717, 1.165) is 32.8 Å². The average molecular weight is 248 g/mol. The zero-order valence-corrected chi connectivity index (χ0v) is 11.5. The van der Waals surface area contributed by atoms with Gasteiger partial charge in [-0.15, -0.1) is 0 Å². The van der Waals surface area contributed by atoms with Crippen molar-refractivity contribution in [3.8, 4) is 0 Å². The maximum absolute atomic E-state index is 5.37. The van der Waals surface area contributed by atoms with Crippen LogP contribution in [0.25, 0.3) is 0 Å². The quantitative estimate of drug-likeness (QED) is 0.780. The second-order valence-corrected chi connectivity index (χ2v) is 5.19. The first kappa shape index (κ1) is 13.4. The number of nitrogens with one attached hydrogen (secondary N) is 1. The summed E-state index contributed by atoms with van der Waals surface area (Å²) in [6.07, 6.45) is 1.21. The van der Waals surface area contributed by atoms with Gasteiger partial charge >= 0.3 is 0 Å². The Kier molecular flexibility index (Phi) is 5.02. The van der Waals surface area contributed by atoms with Crippen molar-refractivity contribution in [3.05, 3.63) is 29.8 Å². The summed E-state index contributed by atoms with van der Waals surface area (Å²) in [5.41, 5.74) is 2.61. The molecule has 3 nitrogen and oxygen atoms in total. The van der Waals surface area contributed by atoms with Gasteiger partial charge in [0.25, 0.3) is 0 Å². The minimum Gasteiger partial charge on any atom is -0.381 e. The SMILES string of the molecule is Cc1cccc(N(C)CCNCC2CCOC2)c1. The van der Waals surface area contributed by atoms with E-state index in [0.29, 0.717) is 5.92 Å². The van der Waals surface area contributed by atoms with Gasteiger partial charge in [0.1, 0.15) is 0 Å². The van der Waals surface area contributed by atoms with Crippen LogP contribution in [0.3, 0.4) is 0 Å². The van der Waals surface area contributed by atoms with E-state index >= 15 is 0 Å². The number of aryl methyl sites for hydroxylation is 1. The Hall–Kier alpha value is -1.06. The smallest absolute Gasteiger partial charge is 0.0507 e. The first-order chi connectivity index (χ1) is 8.75. The highest BCUT2D eigenvalue weighted by Crippen LogP contribution is 2.13. The van der Waals surface area contributed by atoms with Crippen LogP contribution in [0, 0.1) is 12.8 Å². The summed E-state index contributed by atoms with van der Waals surface area (Å²) in [6.45, 7) is 7.16. The molecule has 1 aromatic rings. The third-order valence-corrected chi connectivity index (χ3v) is 3.52. The Labute approximate surface area is 110 Å². The molecule has 2 rings (SSSR count). The lowest BCUT2D eigenvalue weighted by Gasteiger charge is -2.20. The third-order valence-electron chi connectivity index (χ3n) is 3.52. The minimum atomic E-state index is 0.717. The fourth-order valence-corrected chi connectivity index (χ4v) is 2.29. The zero-order valence-electron chi connectivity index (χ0n) is 11.5. The van der Waals surface area contributed by atoms with Crippen LogP contribution in [0.1, 0.15) is 12.0 Å². The van der Waals surface area contributed by atoms with Crippen LogP contribution in [0.2, 0.25) is 0 Å². The molecule has 0 saturated carbocycles. The van der Waals surface area contributed by atoms with E-state index in [1.165, 1.54) is 17.7 Å². The summed E-state index contributed by atoms with van der Waals surface area (Å²) >= 11 is 0. The summed E-state index contributed by atoms with van der Waals surface area (Å²) in [5.74, 6) is 0.717. The van der Waals surface area contributed by atoms with Crippen LogP contribution in [-0.4, -0.2) is 39.9 Å². The van der Waals surface area contributed by atoms with Crippen molar-refractivity contribution in [2.45, 2.75) is 13.3 Å². The van der Waals surface area contributed by atoms with Crippen LogP contribution in [0.5, 0.6) is 0 Å². The third kappa shape index (κ3) is 4.00. The van der Waals surface area contributed by atoms with E-state index in [1.807, 2.05) is 0 Å². The molecule has 1 saturated heterocycles. The molecule has 0 spiro atoms. The van der Waals surface area contributed by atoms with Gasteiger partial charge < -0.3 is 15.0 Å². The van der Waals surface area contributed by atoms with Gasteiger partial charge in [0.15, 0.2) is 0 Å². The number of benzene rings is 1. The Balaban J connectivity index is 1.66. The van der Waals surface area contributed by atoms with Gasteiger partial charge in [0.2, 0.25) is 0 Å². The molecule has 0 radical (unpaired) electrons. The van der Waals surface area contributed by atoms with Gasteiger partial charge in [0, 0.05) is 39.0 Å². The molecule has 1 fully saturated rings. The molecule has 1 N–H and O–H groups in total. The van der Waals surface area contributed by atoms with E-state index in [2.05, 4.69) is 48.5 Å². The summed E-state index contributed by atoms with van der Waals surface area (Å²) < 4.78 is 5.37. The molecule has 1 atom stereocenters. The molecule has 0 aromatic heterocycles. The van der Waals surface area contributed by atoms with E-state index in [1.54, 1.807) is 0 Å². The number of nitrogens with zero attached hydrogens (tertiary/aromatic N) is 1. The molecule has 100 valence electrons. The van der Waals surface area contributed by atoms with E-state index in [-0.39, 0.29) is 0 Å². The van der Waals surface area contributed by atoms with Crippen molar-refractivity contribution >= 4 is 5.69 Å². The van der Waals surface area contributed by atoms with Crippen molar-refractivity contribution in [1.82, 2.24) is 5.32 Å². The first-order valence-corrected chi connectivity index (χ1v) is 6.82. The summed E-state index contributed by atoms with van der Waals surface area (Å²) in [6, 6.07) is 8.64. The zero-order chi connectivity index (χ0) is 12.8. The van der Waals surface area contributed by atoms with Crippen molar-refractivity contribution in [3.63, 3.8) is 0 Å². The van der Waals surface area contributed by atoms with Crippen LogP contribution >= 0.6 is 0 Å². The molecule has 0 bridgehead atoms. The van der Waals surface area contributed by atoms with Crippen LogP contribution in [0.15, 0.2) is 24.3 Å². The van der Waals surface area contributed by atoms with E-state index < -0.39 is 0 Å². The molecule has 0 amide bonds. The summed E-state index contributed by atoms with van der Waals surface area (Å²) in [7, 11) is 2.15. The molecular weight excluding hydrogens is 224 g/mol. The molecule has 1 unspecified atom stereocenters. The minimum absolute atomic E-state index is 0.717. The van der Waals surface area contributed by atoms with E-state index in [4.69, 9.17) is 4.74 Å². The molecule has 18 heavy (non-hydrogen) atoms. The van der Waals surface area contributed by atoms with Crippen molar-refractivity contribution in [2.75, 3.05) is 44.8 Å². The largest absolute Gasteiger partial charge is 0.381 e. The molecule has 1 aliphatic rings. The lowest BCUT2D eigenvalue weighted by atomic mass is 10.1. The molecule has 1 heterocycles. The number of hydrogen-bond acceptors (Lipinski definition) is 3. The number of likely N-dealkylation sites (N-methyl/N-ethyl adjacent to an activating group) is 1. The number of anilines is 1. The highest BCUT2D eigenvalue weighted by molar-refractivity contribution is 5.47. The van der Waals surface area contributed by atoms with Gasteiger partial charge in [-0.25, -0.2) is 0 Å². The number of rotatable bonds is 6. The Morgan fingerprint density at radius 1 is 1.44 bits per heavy atom. The predicted octanol–water partition coefficient (Wildman–Crippen LogP) is 2.06. The van der Waals surface area contributed by atoms with Crippen molar-refractivity contribution in [2.24, 2.45) is 5.92 Å². The highest BCUT2D eigenvalue weighted by Gasteiger charge is 2.14. The van der Waals surface area contributed by atoms with Crippen LogP contribution in [0.4, 0.5) is 5.69 Å². The monoisotopic (exact) mass is 248 g/mol. The molecular formula is C15H24N2O. The highest BCUT2D eigenvalue weighted by atomic mass is 16.5. The molecule has 3 heteroatoms. The van der Waals surface area contributed by atoms with Gasteiger partial charge in [-0.1, -0.05) is 12.1 Å². The first-order valence-electron chi connectivity index (χ1n) is 6.82. The molecule has 1 aliphatic heterocycles. The Morgan fingerprint density at radius 3 is 3.06 bits per heavy atom. The summed E-state index contributed by atoms with van der Waals surface area (Å²) in [5, 5.41) is 3.52. The van der Waals surface area contributed by atoms with Crippen LogP contribution in [-0.2, 0) is 4.74 Å². The van der Waals surface area contributed by atoms with Gasteiger partial charge in [0.05, 0.1) is 6.61 Å². The number of hydrogen-bond donors (Lipinski definition) is 1. The Bertz CT molecular complexity index is 361. The van der Waals surface area contributed by atoms with E-state index in [9.17, 15) is 0 Å². The Morgan fingerprint density at radius 2 is 2.33 bits per heavy atom. The van der Waals surface area contributed by atoms with Crippen LogP contribution < -0.4 is 10.2 Å². The van der Waals surface area contributed by atoms with Crippen molar-refractivity contribution in [1.29, 1.82) is 0 Å². The standard InChI is InChI=1S/C15H24N2O/c1-13-4-3-5-15(10-13)17(2)8-7-16-11-14-6-9-18-12-14/h3-5,10,14,16H,6-9,11-12H2,1-2H3. The predicted molar refractivity (Wildman–Crippen MR) is 76.2 cm³/mol. The van der Waals surface area contributed by atoms with Gasteiger partial charge in [-0.3, -0.25) is 0 Å². The molecule has 1 aromatic carbocycles. The number of ether oxygens (including phenoxy) is 1. The second-order valence-electron chi connectivity index (χ2n) is 5.19.